The first kappa shape index (κ1) is 10.9. The molecule has 0 radical (unpaired) electrons. The molecular formula is C14H20N2O. The van der Waals surface area contributed by atoms with E-state index in [4.69, 9.17) is 5.73 Å². The van der Waals surface area contributed by atoms with Crippen LogP contribution < -0.4 is 10.6 Å². The quantitative estimate of drug-likeness (QED) is 0.779. The standard InChI is InChI=1S/C14H20N2O/c15-9-12-3-1-2-11-5-4-10-8-13(17)6-7-14(10)16(11)12/h6-8,11-12,17H,1-5,9,15H2. The van der Waals surface area contributed by atoms with Crippen molar-refractivity contribution >= 4 is 5.69 Å². The second kappa shape index (κ2) is 4.22. The first-order valence-electron chi connectivity index (χ1n) is 6.60. The minimum absolute atomic E-state index is 0.378. The molecule has 1 fully saturated rings. The third-order valence-corrected chi connectivity index (χ3v) is 4.22. The number of phenolic OH excluding ortho intramolecular Hbond substituents is 1. The second-order valence-electron chi connectivity index (χ2n) is 5.23. The number of nitrogens with zero attached hydrogens (tertiary/aromatic N) is 1. The van der Waals surface area contributed by atoms with Crippen LogP contribution in [0.4, 0.5) is 5.69 Å². The van der Waals surface area contributed by atoms with E-state index in [-0.39, 0.29) is 0 Å². The predicted molar refractivity (Wildman–Crippen MR) is 69.4 cm³/mol. The molecule has 92 valence electrons. The zero-order valence-corrected chi connectivity index (χ0v) is 10.1. The number of fused-ring (bicyclic) bond motifs is 3. The molecule has 17 heavy (non-hydrogen) atoms. The van der Waals surface area contributed by atoms with Crippen LogP contribution in [0.3, 0.4) is 0 Å². The fraction of sp³-hybridized carbons (Fsp3) is 0.571. The first-order valence-corrected chi connectivity index (χ1v) is 6.60. The maximum atomic E-state index is 9.56. The zero-order chi connectivity index (χ0) is 11.8. The molecule has 0 aromatic heterocycles. The molecule has 3 rings (SSSR count). The van der Waals surface area contributed by atoms with Crippen LogP contribution >= 0.6 is 0 Å². The molecule has 1 saturated heterocycles. The lowest BCUT2D eigenvalue weighted by Crippen LogP contribution is -2.52. The number of hydrogen-bond acceptors (Lipinski definition) is 3. The summed E-state index contributed by atoms with van der Waals surface area (Å²) in [7, 11) is 0. The van der Waals surface area contributed by atoms with E-state index in [1.807, 2.05) is 6.07 Å². The number of aromatic hydroxyl groups is 1. The number of aryl methyl sites for hydroxylation is 1. The average molecular weight is 232 g/mol. The van der Waals surface area contributed by atoms with Crippen LogP contribution in [0.1, 0.15) is 31.2 Å². The fourth-order valence-corrected chi connectivity index (χ4v) is 3.42. The Morgan fingerprint density at radius 3 is 3.00 bits per heavy atom. The predicted octanol–water partition coefficient (Wildman–Crippen LogP) is 2.02. The molecule has 1 aromatic carbocycles. The Kier molecular flexibility index (Phi) is 2.71. The number of piperidine rings is 1. The first-order chi connectivity index (χ1) is 8.29. The van der Waals surface area contributed by atoms with Gasteiger partial charge in [0.25, 0.3) is 0 Å². The van der Waals surface area contributed by atoms with Crippen LogP contribution in [0.25, 0.3) is 0 Å². The summed E-state index contributed by atoms with van der Waals surface area (Å²) in [6.45, 7) is 0.733. The van der Waals surface area contributed by atoms with Crippen LogP contribution in [0, 0.1) is 0 Å². The van der Waals surface area contributed by atoms with Crippen LogP contribution in [-0.2, 0) is 6.42 Å². The molecule has 2 aliphatic rings. The third-order valence-electron chi connectivity index (χ3n) is 4.22. The highest BCUT2D eigenvalue weighted by Gasteiger charge is 2.33. The summed E-state index contributed by atoms with van der Waals surface area (Å²) < 4.78 is 0. The molecule has 0 aliphatic carbocycles. The number of phenols is 1. The Morgan fingerprint density at radius 1 is 1.29 bits per heavy atom. The molecule has 0 spiro atoms. The lowest BCUT2D eigenvalue weighted by molar-refractivity contribution is 0.358. The minimum Gasteiger partial charge on any atom is -0.508 e. The molecule has 0 amide bonds. The van der Waals surface area contributed by atoms with Crippen molar-refractivity contribution in [2.45, 2.75) is 44.2 Å². The SMILES string of the molecule is NCC1CCCC2CCc3cc(O)ccc3N12. The molecule has 2 atom stereocenters. The van der Waals surface area contributed by atoms with Gasteiger partial charge in [-0.1, -0.05) is 0 Å². The van der Waals surface area contributed by atoms with Crippen LogP contribution in [0.15, 0.2) is 18.2 Å². The highest BCUT2D eigenvalue weighted by molar-refractivity contribution is 5.59. The van der Waals surface area contributed by atoms with E-state index in [1.54, 1.807) is 6.07 Å². The Labute approximate surface area is 102 Å². The van der Waals surface area contributed by atoms with E-state index >= 15 is 0 Å². The third kappa shape index (κ3) is 1.78. The molecule has 2 heterocycles. The molecule has 3 N–H and O–H groups in total. The highest BCUT2D eigenvalue weighted by Crippen LogP contribution is 2.39. The van der Waals surface area contributed by atoms with Gasteiger partial charge < -0.3 is 15.7 Å². The van der Waals surface area contributed by atoms with E-state index in [0.29, 0.717) is 17.8 Å². The Hall–Kier alpha value is -1.22. The van der Waals surface area contributed by atoms with E-state index in [1.165, 1.54) is 36.9 Å². The monoisotopic (exact) mass is 232 g/mol. The molecule has 3 heteroatoms. The topological polar surface area (TPSA) is 49.5 Å². The van der Waals surface area contributed by atoms with E-state index in [2.05, 4.69) is 11.0 Å². The summed E-state index contributed by atoms with van der Waals surface area (Å²) >= 11 is 0. The maximum absolute atomic E-state index is 9.56. The van der Waals surface area contributed by atoms with Gasteiger partial charge in [-0.2, -0.15) is 0 Å². The van der Waals surface area contributed by atoms with Crippen molar-refractivity contribution in [3.05, 3.63) is 23.8 Å². The normalized spacial score (nSPS) is 27.5. The Balaban J connectivity index is 2.01. The number of hydrogen-bond donors (Lipinski definition) is 2. The zero-order valence-electron chi connectivity index (χ0n) is 10.1. The highest BCUT2D eigenvalue weighted by atomic mass is 16.3. The lowest BCUT2D eigenvalue weighted by Gasteiger charge is -2.47. The second-order valence-corrected chi connectivity index (χ2v) is 5.23. The van der Waals surface area contributed by atoms with Gasteiger partial charge in [0, 0.05) is 24.3 Å². The Morgan fingerprint density at radius 2 is 2.18 bits per heavy atom. The summed E-state index contributed by atoms with van der Waals surface area (Å²) in [5.74, 6) is 0.378. The number of rotatable bonds is 1. The molecule has 2 unspecified atom stereocenters. The number of benzene rings is 1. The van der Waals surface area contributed by atoms with Gasteiger partial charge in [0.2, 0.25) is 0 Å². The largest absolute Gasteiger partial charge is 0.508 e. The Bertz CT molecular complexity index is 419. The van der Waals surface area contributed by atoms with Gasteiger partial charge in [0.05, 0.1) is 0 Å². The van der Waals surface area contributed by atoms with Crippen LogP contribution in [0.2, 0.25) is 0 Å². The summed E-state index contributed by atoms with van der Waals surface area (Å²) in [4.78, 5) is 2.52. The van der Waals surface area contributed by atoms with Crippen LogP contribution in [-0.4, -0.2) is 23.7 Å². The summed E-state index contributed by atoms with van der Waals surface area (Å²) in [6.07, 6.45) is 6.08. The van der Waals surface area contributed by atoms with Gasteiger partial charge in [-0.3, -0.25) is 0 Å². The molecule has 0 saturated carbocycles. The summed E-state index contributed by atoms with van der Waals surface area (Å²) in [5.41, 5.74) is 8.49. The molecular weight excluding hydrogens is 212 g/mol. The lowest BCUT2D eigenvalue weighted by atomic mass is 9.86. The molecule has 3 nitrogen and oxygen atoms in total. The van der Waals surface area contributed by atoms with Gasteiger partial charge in [0.15, 0.2) is 0 Å². The van der Waals surface area contributed by atoms with Crippen molar-refractivity contribution in [2.75, 3.05) is 11.4 Å². The summed E-state index contributed by atoms with van der Waals surface area (Å²) in [6, 6.07) is 6.91. The fourth-order valence-electron chi connectivity index (χ4n) is 3.42. The van der Waals surface area contributed by atoms with E-state index in [0.717, 1.165) is 13.0 Å². The number of nitrogens with two attached hydrogens (primary N) is 1. The van der Waals surface area contributed by atoms with Gasteiger partial charge in [-0.05, 0) is 55.9 Å². The van der Waals surface area contributed by atoms with Crippen molar-refractivity contribution in [2.24, 2.45) is 5.73 Å². The van der Waals surface area contributed by atoms with E-state index in [9.17, 15) is 5.11 Å². The molecule has 1 aromatic rings. The van der Waals surface area contributed by atoms with Crippen molar-refractivity contribution < 1.29 is 5.11 Å². The number of anilines is 1. The van der Waals surface area contributed by atoms with Gasteiger partial charge in [-0.15, -0.1) is 0 Å². The van der Waals surface area contributed by atoms with E-state index < -0.39 is 0 Å². The average Bonchev–Trinajstić information content (AvgIpc) is 2.37. The molecule has 0 bridgehead atoms. The van der Waals surface area contributed by atoms with Crippen LogP contribution in [0.5, 0.6) is 5.75 Å². The van der Waals surface area contributed by atoms with Crippen molar-refractivity contribution in [3.8, 4) is 5.75 Å². The van der Waals surface area contributed by atoms with Gasteiger partial charge in [0.1, 0.15) is 5.75 Å². The van der Waals surface area contributed by atoms with Crippen molar-refractivity contribution in [1.29, 1.82) is 0 Å². The van der Waals surface area contributed by atoms with Gasteiger partial charge in [-0.25, -0.2) is 0 Å². The minimum atomic E-state index is 0.378. The molecule has 2 aliphatic heterocycles. The van der Waals surface area contributed by atoms with Gasteiger partial charge >= 0.3 is 0 Å². The smallest absolute Gasteiger partial charge is 0.116 e. The van der Waals surface area contributed by atoms with Crippen molar-refractivity contribution in [1.82, 2.24) is 0 Å². The van der Waals surface area contributed by atoms with Crippen molar-refractivity contribution in [3.63, 3.8) is 0 Å². The maximum Gasteiger partial charge on any atom is 0.116 e. The summed E-state index contributed by atoms with van der Waals surface area (Å²) in [5, 5.41) is 9.56.